The molecule has 0 amide bonds. The van der Waals surface area contributed by atoms with Crippen molar-refractivity contribution >= 4 is 28.4 Å². The molecule has 1 aliphatic rings. The Bertz CT molecular complexity index is 150. The van der Waals surface area contributed by atoms with Crippen LogP contribution in [0, 0.1) is 5.41 Å². The van der Waals surface area contributed by atoms with E-state index in [0.29, 0.717) is 5.41 Å². The van der Waals surface area contributed by atoms with Crippen molar-refractivity contribution in [3.8, 4) is 0 Å². The summed E-state index contributed by atoms with van der Waals surface area (Å²) >= 11 is 0. The van der Waals surface area contributed by atoms with E-state index in [0.717, 1.165) is 0 Å². The van der Waals surface area contributed by atoms with Gasteiger partial charge in [-0.2, -0.15) is 0 Å². The van der Waals surface area contributed by atoms with Gasteiger partial charge in [0, 0.05) is 5.03 Å². The Hall–Kier alpha value is 0.770. The summed E-state index contributed by atoms with van der Waals surface area (Å²) < 4.78 is 0. The van der Waals surface area contributed by atoms with Crippen molar-refractivity contribution in [2.75, 3.05) is 0 Å². The van der Waals surface area contributed by atoms with E-state index in [-0.39, 0.29) is 0 Å². The van der Waals surface area contributed by atoms with E-state index < -0.39 is 0 Å². The van der Waals surface area contributed by atoms with Crippen LogP contribution in [-0.2, 0) is 0 Å². The summed E-state index contributed by atoms with van der Waals surface area (Å²) in [5, 5.41) is 1.69. The fourth-order valence-corrected chi connectivity index (χ4v) is 5.11. The molecule has 1 heterocycles. The maximum atomic E-state index is 2.29. The van der Waals surface area contributed by atoms with Crippen LogP contribution < -0.4 is 0 Å². The first kappa shape index (κ1) is 6.88. The first-order valence-corrected chi connectivity index (χ1v) is 6.69. The summed E-state index contributed by atoms with van der Waals surface area (Å²) in [6.45, 7) is 6.87. The van der Waals surface area contributed by atoms with Gasteiger partial charge in [0.25, 0.3) is 0 Å². The van der Waals surface area contributed by atoms with Gasteiger partial charge in [-0.05, 0) is 28.7 Å². The molecule has 3 heteroatoms. The van der Waals surface area contributed by atoms with Crippen LogP contribution in [0.15, 0.2) is 0 Å². The topological polar surface area (TPSA) is 0 Å². The van der Waals surface area contributed by atoms with Gasteiger partial charge in [-0.15, -0.1) is 0 Å². The highest BCUT2D eigenvalue weighted by Gasteiger charge is 2.18. The zero-order valence-corrected chi connectivity index (χ0v) is 8.02. The van der Waals surface area contributed by atoms with Gasteiger partial charge in [0.2, 0.25) is 0 Å². The molecular weight excluding hydrogens is 153 g/mol. The Balaban J connectivity index is 2.61. The minimum atomic E-state index is 0.481. The Morgan fingerprint density at radius 1 is 1.25 bits per heavy atom. The summed E-state index contributed by atoms with van der Waals surface area (Å²) in [6, 6.07) is 0. The van der Waals surface area contributed by atoms with E-state index >= 15 is 0 Å². The summed E-state index contributed by atoms with van der Waals surface area (Å²) in [7, 11) is 4.71. The molecule has 0 unspecified atom stereocenters. The molecule has 0 spiro atoms. The van der Waals surface area contributed by atoms with Gasteiger partial charge in [0.05, 0.1) is 0 Å². The third kappa shape index (κ3) is 1.38. The Morgan fingerprint density at radius 2 is 1.75 bits per heavy atom. The number of hydrogen-bond donors (Lipinski definition) is 0. The molecule has 0 radical (unpaired) electrons. The van der Waals surface area contributed by atoms with Crippen LogP contribution in [0.5, 0.6) is 0 Å². The molecule has 0 fully saturated rings. The smallest absolute Gasteiger partial charge is 0.0217 e. The molecule has 8 heavy (non-hydrogen) atoms. The normalized spacial score (nSPS) is 23.6. The monoisotopic (exact) mass is 162 g/mol. The van der Waals surface area contributed by atoms with Crippen molar-refractivity contribution in [1.82, 2.24) is 0 Å². The first-order valence-electron chi connectivity index (χ1n) is 2.60. The summed E-state index contributed by atoms with van der Waals surface area (Å²) in [5.74, 6) is 0. The maximum Gasteiger partial charge on any atom is 0.0217 e. The van der Waals surface area contributed by atoms with Crippen LogP contribution in [-0.4, -0.2) is 5.03 Å². The predicted octanol–water partition coefficient (Wildman–Crippen LogP) is 3.84. The van der Waals surface area contributed by atoms with Crippen molar-refractivity contribution in [2.24, 2.45) is 5.41 Å². The molecule has 0 bridgehead atoms. The summed E-state index contributed by atoms with van der Waals surface area (Å²) in [5.41, 5.74) is 0.481. The lowest BCUT2D eigenvalue weighted by molar-refractivity contribution is 0.610. The van der Waals surface area contributed by atoms with Crippen LogP contribution in [0.25, 0.3) is 0 Å². The molecule has 0 nitrogen and oxygen atoms in total. The van der Waals surface area contributed by atoms with Crippen molar-refractivity contribution in [2.45, 2.75) is 20.8 Å². The average Bonchev–Trinajstić information content (AvgIpc) is 1.16. The molecule has 0 atom stereocenters. The molecule has 0 aliphatic carbocycles. The predicted molar refractivity (Wildman–Crippen MR) is 45.2 cm³/mol. The van der Waals surface area contributed by atoms with E-state index in [9.17, 15) is 0 Å². The lowest BCUT2D eigenvalue weighted by Gasteiger charge is -2.20. The van der Waals surface area contributed by atoms with Gasteiger partial charge in [-0.1, -0.05) is 20.8 Å². The highest BCUT2D eigenvalue weighted by atomic mass is 32.2. The first-order chi connectivity index (χ1) is 3.61. The molecular formula is C5H9P3. The average molecular weight is 162 g/mol. The van der Waals surface area contributed by atoms with Crippen molar-refractivity contribution in [3.63, 3.8) is 0 Å². The molecule has 0 N–H and O–H groups in total. The quantitative estimate of drug-likeness (QED) is 0.474. The SMILES string of the molecule is CC(C)(C)C1=PP=P1. The van der Waals surface area contributed by atoms with Crippen LogP contribution >= 0.6 is 23.3 Å². The van der Waals surface area contributed by atoms with E-state index in [1.165, 1.54) is 0 Å². The van der Waals surface area contributed by atoms with Crippen molar-refractivity contribution < 1.29 is 0 Å². The van der Waals surface area contributed by atoms with E-state index in [2.05, 4.69) is 20.8 Å². The Morgan fingerprint density at radius 3 is 1.75 bits per heavy atom. The maximum absolute atomic E-state index is 2.29. The minimum Gasteiger partial charge on any atom is -0.0554 e. The number of rotatable bonds is 0. The minimum absolute atomic E-state index is 0.481. The molecule has 1 rings (SSSR count). The van der Waals surface area contributed by atoms with Crippen molar-refractivity contribution in [1.29, 1.82) is 0 Å². The van der Waals surface area contributed by atoms with Crippen LogP contribution in [0.3, 0.4) is 0 Å². The number of hydrogen-bond acceptors (Lipinski definition) is 0. The van der Waals surface area contributed by atoms with E-state index in [4.69, 9.17) is 0 Å². The summed E-state index contributed by atoms with van der Waals surface area (Å²) in [6.07, 6.45) is 0. The second-order valence-electron chi connectivity index (χ2n) is 2.86. The highest BCUT2D eigenvalue weighted by molar-refractivity contribution is 8.38. The fraction of sp³-hybridized carbons (Fsp3) is 0.800. The lowest BCUT2D eigenvalue weighted by atomic mass is 10.0. The van der Waals surface area contributed by atoms with Gasteiger partial charge in [-0.3, -0.25) is 0 Å². The third-order valence-corrected chi connectivity index (χ3v) is 7.74. The van der Waals surface area contributed by atoms with E-state index in [1.807, 2.05) is 0 Å². The van der Waals surface area contributed by atoms with Crippen LogP contribution in [0.2, 0.25) is 0 Å². The second kappa shape index (κ2) is 2.18. The Labute approximate surface area is 55.2 Å². The largest absolute Gasteiger partial charge is 0.0554 e. The van der Waals surface area contributed by atoms with Gasteiger partial charge in [0.1, 0.15) is 0 Å². The molecule has 1 aliphatic heterocycles. The van der Waals surface area contributed by atoms with Crippen molar-refractivity contribution in [3.05, 3.63) is 0 Å². The lowest BCUT2D eigenvalue weighted by Crippen LogP contribution is -2.12. The summed E-state index contributed by atoms with van der Waals surface area (Å²) in [4.78, 5) is 0. The standard InChI is InChI=1S/C5H9P3/c1-5(2,3)4-6-8-7-4/h1-3H3. The highest BCUT2D eigenvalue weighted by Crippen LogP contribution is 2.50. The molecule has 0 aromatic rings. The van der Waals surface area contributed by atoms with Gasteiger partial charge in [0.15, 0.2) is 0 Å². The second-order valence-corrected chi connectivity index (χ2v) is 8.04. The molecule has 44 valence electrons. The van der Waals surface area contributed by atoms with Crippen LogP contribution in [0.1, 0.15) is 20.8 Å². The zero-order valence-electron chi connectivity index (χ0n) is 5.34. The Kier molecular flexibility index (Phi) is 1.88. The van der Waals surface area contributed by atoms with Gasteiger partial charge in [-0.25, -0.2) is 0 Å². The van der Waals surface area contributed by atoms with E-state index in [1.54, 1.807) is 28.4 Å². The molecule has 0 aromatic carbocycles. The molecule has 0 saturated heterocycles. The van der Waals surface area contributed by atoms with Crippen LogP contribution in [0.4, 0.5) is 0 Å². The molecule has 0 aromatic heterocycles. The zero-order chi connectivity index (χ0) is 6.20. The van der Waals surface area contributed by atoms with Gasteiger partial charge < -0.3 is 0 Å². The molecule has 0 saturated carbocycles. The third-order valence-electron chi connectivity index (χ3n) is 0.950. The van der Waals surface area contributed by atoms with Gasteiger partial charge >= 0.3 is 0 Å². The fourth-order valence-electron chi connectivity index (χ4n) is 0.389.